The van der Waals surface area contributed by atoms with Gasteiger partial charge in [-0.3, -0.25) is 10.3 Å². The fourth-order valence-electron chi connectivity index (χ4n) is 2.96. The van der Waals surface area contributed by atoms with Crippen LogP contribution in [0.2, 0.25) is 5.02 Å². The molecule has 0 bridgehead atoms. The van der Waals surface area contributed by atoms with Gasteiger partial charge in [0.25, 0.3) is 0 Å². The van der Waals surface area contributed by atoms with Gasteiger partial charge in [-0.25, -0.2) is 9.78 Å². The molecule has 0 aromatic carbocycles. The number of carbonyl (C=O) groups excluding carboxylic acids is 1. The average Bonchev–Trinajstić information content (AvgIpc) is 2.70. The van der Waals surface area contributed by atoms with Gasteiger partial charge in [0.1, 0.15) is 5.82 Å². The second-order valence-corrected chi connectivity index (χ2v) is 7.20. The standard InChI is InChI=1S/C20H23ClN4O3/c1-13-2-3-18(22-10-13)24-20(28)25-6-4-15(5-7-25)19-17(21)9-14(11-23-19)8-16(27)12-26/h2-4,9-11,16,26-27H,5-8,12H2,1H3,(H,22,24,28)/t16-/m1/s1. The number of urea groups is 1. The lowest BCUT2D eigenvalue weighted by atomic mass is 10.0. The SMILES string of the molecule is Cc1ccc(NC(=O)N2CC=C(c3ncc(C[C@@H](O)CO)cc3Cl)CC2)nc1. The summed E-state index contributed by atoms with van der Waals surface area (Å²) in [4.78, 5) is 22.7. The fraction of sp³-hybridized carbons (Fsp3) is 0.350. The molecule has 28 heavy (non-hydrogen) atoms. The molecule has 2 aromatic rings. The fourth-order valence-corrected chi connectivity index (χ4v) is 3.27. The van der Waals surface area contributed by atoms with E-state index in [0.29, 0.717) is 42.5 Å². The molecule has 1 aliphatic heterocycles. The number of carbonyl (C=O) groups is 1. The number of hydrogen-bond acceptors (Lipinski definition) is 5. The molecule has 2 amide bonds. The maximum atomic E-state index is 12.4. The number of aliphatic hydroxyl groups excluding tert-OH is 2. The van der Waals surface area contributed by atoms with Crippen molar-refractivity contribution in [2.24, 2.45) is 0 Å². The minimum atomic E-state index is -0.826. The normalized spacial score (nSPS) is 15.1. The number of aromatic nitrogens is 2. The number of pyridine rings is 2. The smallest absolute Gasteiger partial charge is 0.323 e. The number of nitrogens with one attached hydrogen (secondary N) is 1. The zero-order valence-electron chi connectivity index (χ0n) is 15.6. The molecule has 3 heterocycles. The summed E-state index contributed by atoms with van der Waals surface area (Å²) in [6.45, 7) is 2.64. The van der Waals surface area contributed by atoms with Crippen molar-refractivity contribution in [1.82, 2.24) is 14.9 Å². The van der Waals surface area contributed by atoms with Crippen molar-refractivity contribution >= 4 is 29.0 Å². The van der Waals surface area contributed by atoms with E-state index in [1.54, 1.807) is 29.4 Å². The first-order valence-corrected chi connectivity index (χ1v) is 9.45. The van der Waals surface area contributed by atoms with Gasteiger partial charge < -0.3 is 15.1 Å². The van der Waals surface area contributed by atoms with E-state index in [0.717, 1.165) is 16.7 Å². The van der Waals surface area contributed by atoms with Crippen LogP contribution in [-0.4, -0.2) is 56.9 Å². The molecule has 7 nitrogen and oxygen atoms in total. The van der Waals surface area contributed by atoms with Crippen LogP contribution in [0.3, 0.4) is 0 Å². The molecule has 0 radical (unpaired) electrons. The van der Waals surface area contributed by atoms with Crippen LogP contribution in [0, 0.1) is 6.92 Å². The third kappa shape index (κ3) is 5.07. The van der Waals surface area contributed by atoms with E-state index < -0.39 is 6.10 Å². The first-order chi connectivity index (χ1) is 13.5. The summed E-state index contributed by atoms with van der Waals surface area (Å²) in [6, 6.07) is 5.23. The van der Waals surface area contributed by atoms with Crippen LogP contribution in [0.15, 0.2) is 36.7 Å². The van der Waals surface area contributed by atoms with Crippen LogP contribution in [0.5, 0.6) is 0 Å². The number of rotatable bonds is 5. The zero-order valence-corrected chi connectivity index (χ0v) is 16.4. The molecule has 0 fully saturated rings. The molecular formula is C20H23ClN4O3. The van der Waals surface area contributed by atoms with Crippen LogP contribution < -0.4 is 5.32 Å². The summed E-state index contributed by atoms with van der Waals surface area (Å²) in [5.41, 5.74) is 3.46. The third-order valence-corrected chi connectivity index (χ3v) is 4.81. The van der Waals surface area contributed by atoms with Crippen molar-refractivity contribution in [2.45, 2.75) is 25.9 Å². The molecule has 3 N–H and O–H groups in total. The van der Waals surface area contributed by atoms with E-state index in [1.807, 2.05) is 19.1 Å². The molecule has 0 saturated carbocycles. The first-order valence-electron chi connectivity index (χ1n) is 9.07. The van der Waals surface area contributed by atoms with Crippen molar-refractivity contribution in [1.29, 1.82) is 0 Å². The highest BCUT2D eigenvalue weighted by molar-refractivity contribution is 6.32. The van der Waals surface area contributed by atoms with Crippen LogP contribution >= 0.6 is 11.6 Å². The van der Waals surface area contributed by atoms with Gasteiger partial charge in [0, 0.05) is 31.9 Å². The zero-order chi connectivity index (χ0) is 20.1. The maximum Gasteiger partial charge on any atom is 0.323 e. The van der Waals surface area contributed by atoms with Gasteiger partial charge in [-0.15, -0.1) is 0 Å². The van der Waals surface area contributed by atoms with E-state index >= 15 is 0 Å². The second-order valence-electron chi connectivity index (χ2n) is 6.79. The highest BCUT2D eigenvalue weighted by Gasteiger charge is 2.20. The van der Waals surface area contributed by atoms with Crippen LogP contribution in [0.1, 0.15) is 23.2 Å². The van der Waals surface area contributed by atoms with Gasteiger partial charge in [0.2, 0.25) is 0 Å². The molecule has 0 saturated heterocycles. The monoisotopic (exact) mass is 402 g/mol. The molecule has 3 rings (SSSR count). The molecule has 148 valence electrons. The van der Waals surface area contributed by atoms with E-state index in [4.69, 9.17) is 16.7 Å². The van der Waals surface area contributed by atoms with Gasteiger partial charge in [0.05, 0.1) is 23.4 Å². The van der Waals surface area contributed by atoms with Gasteiger partial charge in [-0.2, -0.15) is 0 Å². The number of amides is 2. The maximum absolute atomic E-state index is 12.4. The Bertz CT molecular complexity index is 870. The van der Waals surface area contributed by atoms with E-state index in [1.165, 1.54) is 0 Å². The molecule has 2 aromatic heterocycles. The van der Waals surface area contributed by atoms with Gasteiger partial charge in [-0.1, -0.05) is 23.7 Å². The van der Waals surface area contributed by atoms with Crippen molar-refractivity contribution in [2.75, 3.05) is 25.0 Å². The summed E-state index contributed by atoms with van der Waals surface area (Å²) < 4.78 is 0. The first kappa shape index (κ1) is 20.3. The summed E-state index contributed by atoms with van der Waals surface area (Å²) in [6.07, 6.45) is 5.42. The Kier molecular flexibility index (Phi) is 6.61. The van der Waals surface area contributed by atoms with Crippen LogP contribution in [0.25, 0.3) is 5.57 Å². The Labute approximate surface area is 168 Å². The average molecular weight is 403 g/mol. The van der Waals surface area contributed by atoms with E-state index in [-0.39, 0.29) is 12.6 Å². The van der Waals surface area contributed by atoms with Gasteiger partial charge in [0.15, 0.2) is 0 Å². The van der Waals surface area contributed by atoms with Crippen LogP contribution in [0.4, 0.5) is 10.6 Å². The number of hydrogen-bond donors (Lipinski definition) is 3. The number of nitrogens with zero attached hydrogens (tertiary/aromatic N) is 3. The highest BCUT2D eigenvalue weighted by atomic mass is 35.5. The topological polar surface area (TPSA) is 98.6 Å². The summed E-state index contributed by atoms with van der Waals surface area (Å²) in [7, 11) is 0. The summed E-state index contributed by atoms with van der Waals surface area (Å²) in [5.74, 6) is 0.524. The van der Waals surface area contributed by atoms with Crippen molar-refractivity contribution in [3.05, 3.63) is 58.5 Å². The number of aryl methyl sites for hydroxylation is 1. The highest BCUT2D eigenvalue weighted by Crippen LogP contribution is 2.28. The largest absolute Gasteiger partial charge is 0.394 e. The lowest BCUT2D eigenvalue weighted by Crippen LogP contribution is -2.38. The summed E-state index contributed by atoms with van der Waals surface area (Å²) >= 11 is 6.36. The number of anilines is 1. The van der Waals surface area contributed by atoms with Crippen molar-refractivity contribution < 1.29 is 15.0 Å². The Morgan fingerprint density at radius 3 is 2.79 bits per heavy atom. The summed E-state index contributed by atoms with van der Waals surface area (Å²) in [5, 5.41) is 21.8. The van der Waals surface area contributed by atoms with Gasteiger partial charge in [-0.05, 0) is 42.2 Å². The Hall–Kier alpha value is -2.48. The molecule has 1 atom stereocenters. The molecular weight excluding hydrogens is 380 g/mol. The number of aliphatic hydroxyl groups is 2. The predicted molar refractivity (Wildman–Crippen MR) is 108 cm³/mol. The second kappa shape index (κ2) is 9.14. The van der Waals surface area contributed by atoms with E-state index in [9.17, 15) is 9.90 Å². The van der Waals surface area contributed by atoms with Crippen LogP contribution in [-0.2, 0) is 6.42 Å². The molecule has 0 aliphatic carbocycles. The lowest BCUT2D eigenvalue weighted by molar-refractivity contribution is 0.0954. The quantitative estimate of drug-likeness (QED) is 0.714. The number of halogens is 1. The van der Waals surface area contributed by atoms with E-state index in [2.05, 4.69) is 15.3 Å². The predicted octanol–water partition coefficient (Wildman–Crippen LogP) is 2.66. The Morgan fingerprint density at radius 2 is 2.18 bits per heavy atom. The minimum Gasteiger partial charge on any atom is -0.394 e. The minimum absolute atomic E-state index is 0.195. The Morgan fingerprint density at radius 1 is 1.36 bits per heavy atom. The van der Waals surface area contributed by atoms with Crippen molar-refractivity contribution in [3.8, 4) is 0 Å². The van der Waals surface area contributed by atoms with Gasteiger partial charge >= 0.3 is 6.03 Å². The Balaban J connectivity index is 1.63. The molecule has 0 spiro atoms. The lowest BCUT2D eigenvalue weighted by Gasteiger charge is -2.26. The molecule has 0 unspecified atom stereocenters. The van der Waals surface area contributed by atoms with Crippen molar-refractivity contribution in [3.63, 3.8) is 0 Å². The third-order valence-electron chi connectivity index (χ3n) is 4.53. The molecule has 8 heteroatoms. The molecule has 1 aliphatic rings.